The van der Waals surface area contributed by atoms with Crippen molar-refractivity contribution in [1.29, 1.82) is 0 Å². The summed E-state index contributed by atoms with van der Waals surface area (Å²) >= 11 is 0. The van der Waals surface area contributed by atoms with Crippen molar-refractivity contribution in [2.45, 2.75) is 31.8 Å². The summed E-state index contributed by atoms with van der Waals surface area (Å²) in [7, 11) is 0. The lowest BCUT2D eigenvalue weighted by Gasteiger charge is -2.31. The Hall–Kier alpha value is -2.40. The van der Waals surface area contributed by atoms with Crippen molar-refractivity contribution in [2.24, 2.45) is 0 Å². The third-order valence-corrected chi connectivity index (χ3v) is 4.42. The van der Waals surface area contributed by atoms with Gasteiger partial charge in [-0.15, -0.1) is 0 Å². The minimum Gasteiger partial charge on any atom is -0.494 e. The highest BCUT2D eigenvalue weighted by atomic mass is 16.5. The highest BCUT2D eigenvalue weighted by Crippen LogP contribution is 2.35. The Kier molecular flexibility index (Phi) is 5.11. The van der Waals surface area contributed by atoms with E-state index in [9.17, 15) is 9.90 Å². The summed E-state index contributed by atoms with van der Waals surface area (Å²) in [5, 5.41) is 9.56. The lowest BCUT2D eigenvalue weighted by atomic mass is 9.97. The molecule has 2 unspecified atom stereocenters. The van der Waals surface area contributed by atoms with E-state index in [1.165, 1.54) is 0 Å². The molecule has 24 heavy (non-hydrogen) atoms. The first kappa shape index (κ1) is 16.5. The Bertz CT molecular complexity index is 673. The number of rotatable bonds is 6. The van der Waals surface area contributed by atoms with Crippen molar-refractivity contribution in [3.05, 3.63) is 59.9 Å². The number of carbonyl (C=O) groups is 1. The molecule has 1 saturated heterocycles. The number of carboxylic acids is 1. The number of benzene rings is 1. The van der Waals surface area contributed by atoms with Gasteiger partial charge in [-0.3, -0.25) is 14.7 Å². The summed E-state index contributed by atoms with van der Waals surface area (Å²) in [5.74, 6) is 0.0646. The van der Waals surface area contributed by atoms with E-state index in [1.54, 1.807) is 6.20 Å². The number of ether oxygens (including phenoxy) is 1. The second-order valence-electron chi connectivity index (χ2n) is 5.93. The zero-order valence-electron chi connectivity index (χ0n) is 13.8. The molecule has 0 amide bonds. The van der Waals surface area contributed by atoms with E-state index in [0.717, 1.165) is 29.8 Å². The van der Waals surface area contributed by atoms with Gasteiger partial charge in [0, 0.05) is 18.9 Å². The smallest absolute Gasteiger partial charge is 0.320 e. The molecule has 5 heteroatoms. The molecule has 1 fully saturated rings. The van der Waals surface area contributed by atoms with Gasteiger partial charge in [-0.05, 0) is 49.1 Å². The van der Waals surface area contributed by atoms with E-state index < -0.39 is 12.0 Å². The average molecular weight is 326 g/mol. The third kappa shape index (κ3) is 3.41. The molecule has 2 atom stereocenters. The molecule has 1 aromatic carbocycles. The van der Waals surface area contributed by atoms with Crippen LogP contribution < -0.4 is 4.74 Å². The fourth-order valence-corrected chi connectivity index (χ4v) is 3.39. The summed E-state index contributed by atoms with van der Waals surface area (Å²) in [5.41, 5.74) is 2.06. The first-order valence-corrected chi connectivity index (χ1v) is 8.32. The van der Waals surface area contributed by atoms with Crippen molar-refractivity contribution in [1.82, 2.24) is 9.88 Å². The van der Waals surface area contributed by atoms with E-state index in [-0.39, 0.29) is 6.04 Å². The van der Waals surface area contributed by atoms with Crippen LogP contribution in [-0.2, 0) is 4.79 Å². The highest BCUT2D eigenvalue weighted by molar-refractivity contribution is 5.74. The monoisotopic (exact) mass is 326 g/mol. The van der Waals surface area contributed by atoms with Crippen molar-refractivity contribution >= 4 is 5.97 Å². The SMILES string of the molecule is CCOc1ccc(C(c2cccnc2)N2CCCC2C(=O)O)cc1. The fourth-order valence-electron chi connectivity index (χ4n) is 3.39. The Morgan fingerprint density at radius 2 is 2.12 bits per heavy atom. The van der Waals surface area contributed by atoms with E-state index in [1.807, 2.05) is 49.5 Å². The number of nitrogens with zero attached hydrogens (tertiary/aromatic N) is 2. The summed E-state index contributed by atoms with van der Waals surface area (Å²) < 4.78 is 5.51. The van der Waals surface area contributed by atoms with Gasteiger partial charge in [-0.1, -0.05) is 18.2 Å². The minimum absolute atomic E-state index is 0.113. The molecule has 5 nitrogen and oxygen atoms in total. The zero-order chi connectivity index (χ0) is 16.9. The molecular formula is C19H22N2O3. The van der Waals surface area contributed by atoms with Crippen LogP contribution in [0.5, 0.6) is 5.75 Å². The van der Waals surface area contributed by atoms with E-state index in [2.05, 4.69) is 9.88 Å². The molecule has 0 saturated carbocycles. The van der Waals surface area contributed by atoms with Gasteiger partial charge in [0.1, 0.15) is 11.8 Å². The average Bonchev–Trinajstić information content (AvgIpc) is 3.07. The third-order valence-electron chi connectivity index (χ3n) is 4.42. The minimum atomic E-state index is -0.757. The molecule has 2 heterocycles. The molecule has 0 radical (unpaired) electrons. The topological polar surface area (TPSA) is 62.7 Å². The van der Waals surface area contributed by atoms with Crippen LogP contribution in [0.2, 0.25) is 0 Å². The molecule has 3 rings (SSSR count). The number of pyridine rings is 1. The van der Waals surface area contributed by atoms with Crippen LogP contribution in [0, 0.1) is 0 Å². The quantitative estimate of drug-likeness (QED) is 0.884. The second kappa shape index (κ2) is 7.45. The molecule has 0 bridgehead atoms. The molecule has 2 aromatic rings. The molecule has 0 spiro atoms. The van der Waals surface area contributed by atoms with Crippen LogP contribution >= 0.6 is 0 Å². The summed E-state index contributed by atoms with van der Waals surface area (Å²) in [6.07, 6.45) is 5.13. The fraction of sp³-hybridized carbons (Fsp3) is 0.368. The van der Waals surface area contributed by atoms with Crippen molar-refractivity contribution < 1.29 is 14.6 Å². The first-order chi connectivity index (χ1) is 11.7. The number of aromatic nitrogens is 1. The number of carboxylic acid groups (broad SMARTS) is 1. The van der Waals surface area contributed by atoms with E-state index in [0.29, 0.717) is 13.0 Å². The second-order valence-corrected chi connectivity index (χ2v) is 5.93. The largest absolute Gasteiger partial charge is 0.494 e. The predicted octanol–water partition coefficient (Wildman–Crippen LogP) is 3.12. The molecule has 1 N–H and O–H groups in total. The first-order valence-electron chi connectivity index (χ1n) is 8.32. The van der Waals surface area contributed by atoms with E-state index in [4.69, 9.17) is 4.74 Å². The van der Waals surface area contributed by atoms with Gasteiger partial charge in [0.25, 0.3) is 0 Å². The van der Waals surface area contributed by atoms with Gasteiger partial charge < -0.3 is 9.84 Å². The number of hydrogen-bond acceptors (Lipinski definition) is 4. The summed E-state index contributed by atoms with van der Waals surface area (Å²) in [6.45, 7) is 3.34. The predicted molar refractivity (Wildman–Crippen MR) is 91.1 cm³/mol. The maximum atomic E-state index is 11.6. The Labute approximate surface area is 141 Å². The van der Waals surface area contributed by atoms with Gasteiger partial charge in [-0.25, -0.2) is 0 Å². The zero-order valence-corrected chi connectivity index (χ0v) is 13.8. The van der Waals surface area contributed by atoms with Crippen LogP contribution in [-0.4, -0.2) is 40.2 Å². The lowest BCUT2D eigenvalue weighted by Crippen LogP contribution is -2.39. The van der Waals surface area contributed by atoms with Gasteiger partial charge in [0.15, 0.2) is 0 Å². The Morgan fingerprint density at radius 3 is 2.75 bits per heavy atom. The van der Waals surface area contributed by atoms with Crippen molar-refractivity contribution in [3.8, 4) is 5.75 Å². The highest BCUT2D eigenvalue weighted by Gasteiger charge is 2.36. The molecule has 1 aliphatic rings. The Balaban J connectivity index is 1.98. The van der Waals surface area contributed by atoms with Crippen LogP contribution in [0.3, 0.4) is 0 Å². The maximum absolute atomic E-state index is 11.6. The molecular weight excluding hydrogens is 304 g/mol. The van der Waals surface area contributed by atoms with Crippen LogP contribution in [0.15, 0.2) is 48.8 Å². The van der Waals surface area contributed by atoms with Crippen LogP contribution in [0.1, 0.15) is 36.9 Å². The van der Waals surface area contributed by atoms with Crippen molar-refractivity contribution in [2.75, 3.05) is 13.2 Å². The van der Waals surface area contributed by atoms with Gasteiger partial charge >= 0.3 is 5.97 Å². The summed E-state index contributed by atoms with van der Waals surface area (Å²) in [6, 6.07) is 11.2. The van der Waals surface area contributed by atoms with Crippen LogP contribution in [0.25, 0.3) is 0 Å². The Morgan fingerprint density at radius 1 is 1.33 bits per heavy atom. The molecule has 1 aliphatic heterocycles. The van der Waals surface area contributed by atoms with Gasteiger partial charge in [0.05, 0.1) is 12.6 Å². The standard InChI is InChI=1S/C19H22N2O3/c1-2-24-16-9-7-14(8-10-16)18(15-5-3-11-20-13-15)21-12-4-6-17(21)19(22)23/h3,5,7-11,13,17-18H,2,4,6,12H2,1H3,(H,22,23). The van der Waals surface area contributed by atoms with Crippen molar-refractivity contribution in [3.63, 3.8) is 0 Å². The number of aliphatic carboxylic acids is 1. The summed E-state index contributed by atoms with van der Waals surface area (Å²) in [4.78, 5) is 17.9. The molecule has 1 aromatic heterocycles. The molecule has 0 aliphatic carbocycles. The number of hydrogen-bond donors (Lipinski definition) is 1. The van der Waals surface area contributed by atoms with Crippen LogP contribution in [0.4, 0.5) is 0 Å². The van der Waals surface area contributed by atoms with E-state index >= 15 is 0 Å². The maximum Gasteiger partial charge on any atom is 0.320 e. The normalized spacial score (nSPS) is 19.1. The van der Waals surface area contributed by atoms with Gasteiger partial charge in [-0.2, -0.15) is 0 Å². The molecule has 126 valence electrons. The van der Waals surface area contributed by atoms with Gasteiger partial charge in [0.2, 0.25) is 0 Å². The lowest BCUT2D eigenvalue weighted by molar-refractivity contribution is -0.142. The number of likely N-dealkylation sites (tertiary alicyclic amines) is 1.